The lowest BCUT2D eigenvalue weighted by Crippen LogP contribution is -2.30. The van der Waals surface area contributed by atoms with E-state index in [-0.39, 0.29) is 0 Å². The summed E-state index contributed by atoms with van der Waals surface area (Å²) in [6, 6.07) is 1.71. The summed E-state index contributed by atoms with van der Waals surface area (Å²) < 4.78 is 10.6. The van der Waals surface area contributed by atoms with E-state index in [1.54, 1.807) is 20.3 Å². The van der Waals surface area contributed by atoms with Gasteiger partial charge in [0.1, 0.15) is 10.8 Å². The maximum atomic E-state index is 6.00. The van der Waals surface area contributed by atoms with Crippen molar-refractivity contribution in [1.82, 2.24) is 9.97 Å². The van der Waals surface area contributed by atoms with Gasteiger partial charge in [0.05, 0.1) is 12.3 Å². The van der Waals surface area contributed by atoms with Crippen LogP contribution in [0.3, 0.4) is 0 Å². The van der Waals surface area contributed by atoms with Crippen LogP contribution in [0.4, 0.5) is 0 Å². The van der Waals surface area contributed by atoms with Crippen LogP contribution in [-0.2, 0) is 21.7 Å². The Morgan fingerprint density at radius 3 is 2.35 bits per heavy atom. The van der Waals surface area contributed by atoms with Crippen LogP contribution < -0.4 is 0 Å². The molecular formula is C12H19ClN2O2. The molecule has 0 atom stereocenters. The van der Waals surface area contributed by atoms with Crippen molar-refractivity contribution in [3.8, 4) is 0 Å². The number of halogens is 1. The Morgan fingerprint density at radius 1 is 1.24 bits per heavy atom. The Kier molecular flexibility index (Phi) is 5.31. The van der Waals surface area contributed by atoms with Gasteiger partial charge in [-0.05, 0) is 18.9 Å². The molecule has 0 saturated heterocycles. The number of methoxy groups -OCH3 is 2. The second-order valence-corrected chi connectivity index (χ2v) is 4.23. The summed E-state index contributed by atoms with van der Waals surface area (Å²) in [5.41, 5.74) is 0.304. The second kappa shape index (κ2) is 6.28. The molecule has 5 heteroatoms. The Balaban J connectivity index is 3.19. The van der Waals surface area contributed by atoms with Gasteiger partial charge >= 0.3 is 0 Å². The molecule has 0 N–H and O–H groups in total. The number of nitrogens with zero attached hydrogens (tertiary/aromatic N) is 2. The van der Waals surface area contributed by atoms with Crippen molar-refractivity contribution in [1.29, 1.82) is 0 Å². The second-order valence-electron chi connectivity index (χ2n) is 3.84. The van der Waals surface area contributed by atoms with Crippen molar-refractivity contribution < 1.29 is 9.47 Å². The lowest BCUT2D eigenvalue weighted by atomic mass is 9.96. The minimum Gasteiger partial charge on any atom is -0.378 e. The lowest BCUT2D eigenvalue weighted by molar-refractivity contribution is -0.0295. The van der Waals surface area contributed by atoms with E-state index in [4.69, 9.17) is 21.1 Å². The van der Waals surface area contributed by atoms with E-state index in [1.165, 1.54) is 0 Å². The van der Waals surface area contributed by atoms with Crippen LogP contribution in [0.25, 0.3) is 0 Å². The van der Waals surface area contributed by atoms with E-state index in [0.29, 0.717) is 17.6 Å². The molecule has 1 rings (SSSR count). The Bertz CT molecular complexity index is 359. The molecule has 1 aromatic heterocycles. The highest BCUT2D eigenvalue weighted by Crippen LogP contribution is 2.30. The molecule has 0 aliphatic carbocycles. The summed E-state index contributed by atoms with van der Waals surface area (Å²) in [4.78, 5) is 8.74. The molecule has 0 aliphatic rings. The number of hydrogen-bond donors (Lipinski definition) is 0. The van der Waals surface area contributed by atoms with Gasteiger partial charge in [0.15, 0.2) is 5.82 Å². The molecule has 0 aromatic carbocycles. The standard InChI is InChI=1S/C12H19ClN2O2/c1-5-12(6-2,17-4)11-14-9(8-16-3)7-10(13)15-11/h7H,5-6,8H2,1-4H3. The number of rotatable bonds is 6. The molecular weight excluding hydrogens is 240 g/mol. The van der Waals surface area contributed by atoms with E-state index >= 15 is 0 Å². The van der Waals surface area contributed by atoms with E-state index in [2.05, 4.69) is 9.97 Å². The molecule has 0 unspecified atom stereocenters. The lowest BCUT2D eigenvalue weighted by Gasteiger charge is -2.28. The first kappa shape index (κ1) is 14.4. The van der Waals surface area contributed by atoms with Crippen LogP contribution in [0.5, 0.6) is 0 Å². The highest BCUT2D eigenvalue weighted by molar-refractivity contribution is 6.29. The van der Waals surface area contributed by atoms with E-state index < -0.39 is 5.60 Å². The number of ether oxygens (including phenoxy) is 2. The van der Waals surface area contributed by atoms with E-state index in [0.717, 1.165) is 18.5 Å². The summed E-state index contributed by atoms with van der Waals surface area (Å²) in [7, 11) is 3.30. The molecule has 0 aliphatic heterocycles. The number of hydrogen-bond acceptors (Lipinski definition) is 4. The fourth-order valence-corrected chi connectivity index (χ4v) is 2.04. The molecule has 0 saturated carbocycles. The van der Waals surface area contributed by atoms with Gasteiger partial charge in [-0.15, -0.1) is 0 Å². The van der Waals surface area contributed by atoms with Gasteiger partial charge < -0.3 is 9.47 Å². The van der Waals surface area contributed by atoms with Crippen LogP contribution in [0.1, 0.15) is 38.2 Å². The zero-order valence-corrected chi connectivity index (χ0v) is 11.5. The van der Waals surface area contributed by atoms with E-state index in [9.17, 15) is 0 Å². The molecule has 0 radical (unpaired) electrons. The average Bonchev–Trinajstić information content (AvgIpc) is 2.32. The highest BCUT2D eigenvalue weighted by atomic mass is 35.5. The third-order valence-corrected chi connectivity index (χ3v) is 3.17. The topological polar surface area (TPSA) is 44.2 Å². The molecule has 0 fully saturated rings. The van der Waals surface area contributed by atoms with Gasteiger partial charge in [-0.25, -0.2) is 9.97 Å². The monoisotopic (exact) mass is 258 g/mol. The van der Waals surface area contributed by atoms with Gasteiger partial charge in [-0.2, -0.15) is 0 Å². The molecule has 0 spiro atoms. The summed E-state index contributed by atoms with van der Waals surface area (Å²) in [6.07, 6.45) is 1.60. The fourth-order valence-electron chi connectivity index (χ4n) is 1.84. The summed E-state index contributed by atoms with van der Waals surface area (Å²) in [5.74, 6) is 0.629. The Morgan fingerprint density at radius 2 is 1.88 bits per heavy atom. The highest BCUT2D eigenvalue weighted by Gasteiger charge is 2.31. The normalized spacial score (nSPS) is 11.8. The zero-order valence-electron chi connectivity index (χ0n) is 10.8. The van der Waals surface area contributed by atoms with Crippen molar-refractivity contribution in [3.05, 3.63) is 22.7 Å². The van der Waals surface area contributed by atoms with Crippen LogP contribution in [0.2, 0.25) is 5.15 Å². The maximum Gasteiger partial charge on any atom is 0.162 e. The van der Waals surface area contributed by atoms with Gasteiger partial charge in [0.2, 0.25) is 0 Å². The first-order valence-corrected chi connectivity index (χ1v) is 6.07. The molecule has 0 bridgehead atoms. The molecule has 0 amide bonds. The van der Waals surface area contributed by atoms with Gasteiger partial charge in [0, 0.05) is 14.2 Å². The van der Waals surface area contributed by atoms with Gasteiger partial charge in [-0.3, -0.25) is 0 Å². The SMILES string of the molecule is CCC(CC)(OC)c1nc(Cl)cc(COC)n1. The van der Waals surface area contributed by atoms with E-state index in [1.807, 2.05) is 13.8 Å². The third kappa shape index (κ3) is 3.15. The van der Waals surface area contributed by atoms with Crippen LogP contribution in [0, 0.1) is 0 Å². The minimum atomic E-state index is -0.465. The average molecular weight is 259 g/mol. The van der Waals surface area contributed by atoms with Crippen molar-refractivity contribution in [2.75, 3.05) is 14.2 Å². The first-order chi connectivity index (χ1) is 8.11. The first-order valence-electron chi connectivity index (χ1n) is 5.69. The smallest absolute Gasteiger partial charge is 0.162 e. The number of aromatic nitrogens is 2. The third-order valence-electron chi connectivity index (χ3n) is 2.98. The van der Waals surface area contributed by atoms with Crippen molar-refractivity contribution in [3.63, 3.8) is 0 Å². The fraction of sp³-hybridized carbons (Fsp3) is 0.667. The minimum absolute atomic E-state index is 0.419. The zero-order chi connectivity index (χ0) is 12.9. The van der Waals surface area contributed by atoms with Gasteiger partial charge in [0.25, 0.3) is 0 Å². The molecule has 4 nitrogen and oxygen atoms in total. The van der Waals surface area contributed by atoms with Crippen LogP contribution in [-0.4, -0.2) is 24.2 Å². The predicted molar refractivity (Wildman–Crippen MR) is 67.0 cm³/mol. The molecule has 96 valence electrons. The Hall–Kier alpha value is -0.710. The largest absolute Gasteiger partial charge is 0.378 e. The van der Waals surface area contributed by atoms with Crippen LogP contribution >= 0.6 is 11.6 Å². The maximum absolute atomic E-state index is 6.00. The molecule has 1 aromatic rings. The summed E-state index contributed by atoms with van der Waals surface area (Å²) in [6.45, 7) is 4.52. The molecule has 17 heavy (non-hydrogen) atoms. The predicted octanol–water partition coefficient (Wildman–Crippen LogP) is 2.94. The van der Waals surface area contributed by atoms with Gasteiger partial charge in [-0.1, -0.05) is 25.4 Å². The summed E-state index contributed by atoms with van der Waals surface area (Å²) >= 11 is 6.00. The van der Waals surface area contributed by atoms with Crippen molar-refractivity contribution in [2.45, 2.75) is 38.9 Å². The molecule has 1 heterocycles. The Labute approximate surface area is 107 Å². The van der Waals surface area contributed by atoms with Crippen molar-refractivity contribution in [2.24, 2.45) is 0 Å². The van der Waals surface area contributed by atoms with Crippen molar-refractivity contribution >= 4 is 11.6 Å². The quantitative estimate of drug-likeness (QED) is 0.736. The van der Waals surface area contributed by atoms with Crippen LogP contribution in [0.15, 0.2) is 6.07 Å². The summed E-state index contributed by atoms with van der Waals surface area (Å²) in [5, 5.41) is 0.422.